The van der Waals surface area contributed by atoms with Crippen LogP contribution in [0.5, 0.6) is 5.75 Å². The number of hydrogen-bond acceptors (Lipinski definition) is 2. The number of benzene rings is 2. The van der Waals surface area contributed by atoms with Crippen LogP contribution in [-0.2, 0) is 4.79 Å². The van der Waals surface area contributed by atoms with E-state index in [1.165, 1.54) is 28.2 Å². The fourth-order valence-electron chi connectivity index (χ4n) is 3.88. The van der Waals surface area contributed by atoms with Crippen molar-refractivity contribution in [3.8, 4) is 5.75 Å². The molecule has 3 rings (SSSR count). The van der Waals surface area contributed by atoms with Gasteiger partial charge in [-0.2, -0.15) is 0 Å². The van der Waals surface area contributed by atoms with Crippen molar-refractivity contribution in [1.82, 2.24) is 0 Å². The second-order valence-corrected chi connectivity index (χ2v) is 8.01. The van der Waals surface area contributed by atoms with Gasteiger partial charge in [-0.3, -0.25) is 4.79 Å². The molecule has 29 heavy (non-hydrogen) atoms. The molecule has 0 atom stereocenters. The number of nitrogens with one attached hydrogen (secondary N) is 3. The first-order chi connectivity index (χ1) is 14.0. The van der Waals surface area contributed by atoms with Crippen LogP contribution >= 0.6 is 0 Å². The van der Waals surface area contributed by atoms with Crippen molar-refractivity contribution in [1.29, 1.82) is 0 Å². The van der Waals surface area contributed by atoms with Crippen molar-refractivity contribution in [2.75, 3.05) is 51.2 Å². The summed E-state index contributed by atoms with van der Waals surface area (Å²) in [7, 11) is 0. The van der Waals surface area contributed by atoms with Gasteiger partial charge >= 0.3 is 0 Å². The standard InChI is InChI=1S/C23H30FN3O2/c1-18-14-19(2)16-22(15-18)29-13-3-8-26-9-11-27(12-10-26)17-23(28)25-21-6-4-20(24)5-7-21/h4-7,14-16H,3,8-13,17H2,1-2H3,(H,25,28)/p+2. The van der Waals surface area contributed by atoms with Crippen LogP contribution in [0.1, 0.15) is 17.5 Å². The Hall–Kier alpha value is -2.44. The van der Waals surface area contributed by atoms with E-state index in [0.717, 1.165) is 51.5 Å². The third-order valence-corrected chi connectivity index (χ3v) is 5.34. The van der Waals surface area contributed by atoms with Crippen molar-refractivity contribution in [2.45, 2.75) is 20.3 Å². The molecule has 0 radical (unpaired) electrons. The van der Waals surface area contributed by atoms with Gasteiger partial charge in [0.2, 0.25) is 0 Å². The molecule has 3 N–H and O–H groups in total. The van der Waals surface area contributed by atoms with E-state index in [2.05, 4.69) is 37.4 Å². The van der Waals surface area contributed by atoms with Gasteiger partial charge in [0, 0.05) is 12.1 Å². The van der Waals surface area contributed by atoms with Crippen LogP contribution in [0.3, 0.4) is 0 Å². The first-order valence-electron chi connectivity index (χ1n) is 10.4. The highest BCUT2D eigenvalue weighted by atomic mass is 19.1. The zero-order chi connectivity index (χ0) is 20.6. The third-order valence-electron chi connectivity index (χ3n) is 5.34. The number of anilines is 1. The Morgan fingerprint density at radius 3 is 2.28 bits per heavy atom. The maximum Gasteiger partial charge on any atom is 0.279 e. The summed E-state index contributed by atoms with van der Waals surface area (Å²) in [6.07, 6.45) is 1.03. The highest BCUT2D eigenvalue weighted by Crippen LogP contribution is 2.16. The summed E-state index contributed by atoms with van der Waals surface area (Å²) in [4.78, 5) is 15.1. The molecule has 0 spiro atoms. The van der Waals surface area contributed by atoms with Gasteiger partial charge in [0.1, 0.15) is 37.7 Å². The largest absolute Gasteiger partial charge is 0.493 e. The lowest BCUT2D eigenvalue weighted by molar-refractivity contribution is -1.01. The average Bonchev–Trinajstić information content (AvgIpc) is 2.67. The Morgan fingerprint density at radius 1 is 1.00 bits per heavy atom. The van der Waals surface area contributed by atoms with E-state index in [0.29, 0.717) is 12.2 Å². The number of ether oxygens (including phenoxy) is 1. The van der Waals surface area contributed by atoms with E-state index in [1.807, 2.05) is 0 Å². The molecule has 0 aliphatic carbocycles. The molecule has 1 aliphatic rings. The lowest BCUT2D eigenvalue weighted by Crippen LogP contribution is -3.28. The number of quaternary nitrogens is 2. The third kappa shape index (κ3) is 7.15. The van der Waals surface area contributed by atoms with Gasteiger partial charge in [-0.05, 0) is 61.4 Å². The fourth-order valence-corrected chi connectivity index (χ4v) is 3.88. The highest BCUT2D eigenvalue weighted by Gasteiger charge is 2.24. The van der Waals surface area contributed by atoms with Crippen LogP contribution in [0, 0.1) is 19.7 Å². The minimum absolute atomic E-state index is 0.0168. The number of halogens is 1. The maximum atomic E-state index is 12.9. The number of aryl methyl sites for hydroxylation is 2. The molecule has 2 aromatic rings. The maximum absolute atomic E-state index is 12.9. The van der Waals surface area contributed by atoms with E-state index < -0.39 is 0 Å². The number of piperazine rings is 1. The predicted octanol–water partition coefficient (Wildman–Crippen LogP) is 0.634. The van der Waals surface area contributed by atoms with Crippen LogP contribution in [0.25, 0.3) is 0 Å². The second-order valence-electron chi connectivity index (χ2n) is 8.01. The Morgan fingerprint density at radius 2 is 1.62 bits per heavy atom. The Bertz CT molecular complexity index is 782. The van der Waals surface area contributed by atoms with Gasteiger partial charge < -0.3 is 19.9 Å². The molecule has 0 bridgehead atoms. The van der Waals surface area contributed by atoms with Crippen molar-refractivity contribution < 1.29 is 23.7 Å². The Balaban J connectivity index is 1.30. The monoisotopic (exact) mass is 401 g/mol. The van der Waals surface area contributed by atoms with Gasteiger partial charge in [0.25, 0.3) is 5.91 Å². The smallest absolute Gasteiger partial charge is 0.279 e. The summed E-state index contributed by atoms with van der Waals surface area (Å²) in [5, 5.41) is 2.84. The zero-order valence-corrected chi connectivity index (χ0v) is 17.4. The fraction of sp³-hybridized carbons (Fsp3) is 0.435. The SMILES string of the molecule is Cc1cc(C)cc(OCCC[NH+]2CC[NH+](CC(=O)Nc3ccc(F)cc3)CC2)c1. The van der Waals surface area contributed by atoms with Crippen LogP contribution in [-0.4, -0.2) is 51.8 Å². The van der Waals surface area contributed by atoms with E-state index in [1.54, 1.807) is 17.0 Å². The molecule has 1 saturated heterocycles. The van der Waals surface area contributed by atoms with E-state index >= 15 is 0 Å². The topological polar surface area (TPSA) is 47.2 Å². The molecule has 0 saturated carbocycles. The molecular weight excluding hydrogens is 369 g/mol. The molecule has 2 aromatic carbocycles. The Kier molecular flexibility index (Phi) is 7.61. The van der Waals surface area contributed by atoms with Crippen LogP contribution < -0.4 is 19.9 Å². The summed E-state index contributed by atoms with van der Waals surface area (Å²) in [6.45, 7) is 10.6. The van der Waals surface area contributed by atoms with Gasteiger partial charge in [-0.1, -0.05) is 6.07 Å². The lowest BCUT2D eigenvalue weighted by atomic mass is 10.1. The molecule has 156 valence electrons. The van der Waals surface area contributed by atoms with Crippen molar-refractivity contribution in [3.63, 3.8) is 0 Å². The Labute approximate surface area is 172 Å². The first-order valence-corrected chi connectivity index (χ1v) is 10.4. The van der Waals surface area contributed by atoms with Crippen molar-refractivity contribution in [2.24, 2.45) is 0 Å². The second kappa shape index (κ2) is 10.4. The number of hydrogen-bond donors (Lipinski definition) is 3. The number of amides is 1. The lowest BCUT2D eigenvalue weighted by Gasteiger charge is -2.29. The molecule has 5 nitrogen and oxygen atoms in total. The molecular formula is C23H32FN3O2+2. The minimum atomic E-state index is -0.299. The van der Waals surface area contributed by atoms with E-state index in [-0.39, 0.29) is 11.7 Å². The molecule has 1 heterocycles. The quantitative estimate of drug-likeness (QED) is 0.569. The summed E-state index contributed by atoms with van der Waals surface area (Å²) in [5.74, 6) is 0.642. The van der Waals surface area contributed by atoms with Gasteiger partial charge in [0.05, 0.1) is 13.2 Å². The normalized spacial score (nSPS) is 19.0. The summed E-state index contributed by atoms with van der Waals surface area (Å²) in [5.41, 5.74) is 3.10. The first kappa shape index (κ1) is 21.3. The van der Waals surface area contributed by atoms with Gasteiger partial charge in [-0.15, -0.1) is 0 Å². The minimum Gasteiger partial charge on any atom is -0.493 e. The molecule has 0 unspecified atom stereocenters. The summed E-state index contributed by atoms with van der Waals surface area (Å²) < 4.78 is 18.8. The number of rotatable bonds is 8. The number of carbonyl (C=O) groups excluding carboxylic acids is 1. The highest BCUT2D eigenvalue weighted by molar-refractivity contribution is 5.91. The molecule has 0 aromatic heterocycles. The average molecular weight is 402 g/mol. The van der Waals surface area contributed by atoms with Crippen LogP contribution in [0.15, 0.2) is 42.5 Å². The van der Waals surface area contributed by atoms with Crippen molar-refractivity contribution in [3.05, 3.63) is 59.4 Å². The van der Waals surface area contributed by atoms with Gasteiger partial charge in [-0.25, -0.2) is 4.39 Å². The number of carbonyl (C=O) groups is 1. The molecule has 1 fully saturated rings. The predicted molar refractivity (Wildman–Crippen MR) is 112 cm³/mol. The van der Waals surface area contributed by atoms with E-state index in [9.17, 15) is 9.18 Å². The summed E-state index contributed by atoms with van der Waals surface area (Å²) in [6, 6.07) is 12.2. The van der Waals surface area contributed by atoms with Gasteiger partial charge in [0.15, 0.2) is 6.54 Å². The summed E-state index contributed by atoms with van der Waals surface area (Å²) >= 11 is 0. The molecule has 6 heteroatoms. The van der Waals surface area contributed by atoms with Crippen LogP contribution in [0.4, 0.5) is 10.1 Å². The van der Waals surface area contributed by atoms with E-state index in [4.69, 9.17) is 4.74 Å². The molecule has 1 amide bonds. The zero-order valence-electron chi connectivity index (χ0n) is 17.4. The van der Waals surface area contributed by atoms with Crippen LogP contribution in [0.2, 0.25) is 0 Å². The molecule has 1 aliphatic heterocycles. The van der Waals surface area contributed by atoms with Crippen molar-refractivity contribution >= 4 is 11.6 Å².